The Labute approximate surface area is 335 Å². The molecule has 0 atom stereocenters. The van der Waals surface area contributed by atoms with Crippen LogP contribution in [0.25, 0.3) is 55.0 Å². The van der Waals surface area contributed by atoms with Crippen molar-refractivity contribution >= 4 is 75.5 Å². The van der Waals surface area contributed by atoms with Crippen LogP contribution < -0.4 is 10.9 Å². The summed E-state index contributed by atoms with van der Waals surface area (Å²) in [4.78, 5) is 28.9. The van der Waals surface area contributed by atoms with Crippen molar-refractivity contribution < 1.29 is 0 Å². The number of hydrogen-bond acceptors (Lipinski definition) is 2. The second kappa shape index (κ2) is 12.8. The summed E-state index contributed by atoms with van der Waals surface area (Å²) in [6.45, 7) is 26.1. The molecule has 0 fully saturated rings. The van der Waals surface area contributed by atoms with Gasteiger partial charge in [-0.25, -0.2) is 0 Å². The highest BCUT2D eigenvalue weighted by molar-refractivity contribution is 9.11. The first kappa shape index (κ1) is 38.3. The normalized spacial score (nSPS) is 13.1. The van der Waals surface area contributed by atoms with Crippen molar-refractivity contribution in [2.24, 2.45) is 0 Å². The first-order valence-electron chi connectivity index (χ1n) is 18.7. The van der Waals surface area contributed by atoms with E-state index in [0.29, 0.717) is 21.5 Å². The van der Waals surface area contributed by atoms with Gasteiger partial charge in [-0.2, -0.15) is 0 Å². The molecular weight excluding hydrogens is 796 g/mol. The third-order valence-corrected chi connectivity index (χ3v) is 12.1. The highest BCUT2D eigenvalue weighted by atomic mass is 79.9. The second-order valence-corrected chi connectivity index (χ2v) is 20.7. The molecule has 7 rings (SSSR count). The Balaban J connectivity index is 1.55. The van der Waals surface area contributed by atoms with Crippen LogP contribution in [-0.4, -0.2) is 9.13 Å². The topological polar surface area (TPSA) is 44.0 Å². The standard InChI is InChI=1S/C48H50Br2N2O2/c1-45(2,3)27-13-19-39-33(21-27)43(53)35-23-29(47(7,8)9)25-37(49)41(35)51(39)31-15-17-32(18-16-31)52-40-20-14-28(46(4,5)6)22-34(40)44(54)36-24-30(48(10,11)12)26-38(50)42(36)52/h13-26H,1-12H3. The molecule has 0 saturated carbocycles. The number of fused-ring (bicyclic) bond motifs is 4. The van der Waals surface area contributed by atoms with E-state index in [-0.39, 0.29) is 32.5 Å². The lowest BCUT2D eigenvalue weighted by Gasteiger charge is -2.25. The van der Waals surface area contributed by atoms with Crippen molar-refractivity contribution in [1.29, 1.82) is 0 Å². The zero-order chi connectivity index (χ0) is 39.4. The van der Waals surface area contributed by atoms with E-state index in [1.807, 2.05) is 0 Å². The predicted molar refractivity (Wildman–Crippen MR) is 238 cm³/mol. The van der Waals surface area contributed by atoms with E-state index in [1.54, 1.807) is 0 Å². The van der Waals surface area contributed by atoms with Crippen molar-refractivity contribution in [1.82, 2.24) is 9.13 Å². The third kappa shape index (κ3) is 6.47. The van der Waals surface area contributed by atoms with Crippen LogP contribution in [-0.2, 0) is 21.7 Å². The highest BCUT2D eigenvalue weighted by Gasteiger charge is 2.25. The number of hydrogen-bond donors (Lipinski definition) is 0. The predicted octanol–water partition coefficient (Wildman–Crippen LogP) is 13.3. The Morgan fingerprint density at radius 2 is 0.685 bits per heavy atom. The molecule has 278 valence electrons. The lowest BCUT2D eigenvalue weighted by atomic mass is 9.85. The summed E-state index contributed by atoms with van der Waals surface area (Å²) >= 11 is 7.83. The first-order valence-corrected chi connectivity index (χ1v) is 20.3. The van der Waals surface area contributed by atoms with Crippen molar-refractivity contribution in [3.05, 3.63) is 137 Å². The van der Waals surface area contributed by atoms with Crippen molar-refractivity contribution in [3.63, 3.8) is 0 Å². The Morgan fingerprint density at radius 1 is 0.389 bits per heavy atom. The molecule has 0 aliphatic carbocycles. The monoisotopic (exact) mass is 844 g/mol. The van der Waals surface area contributed by atoms with Gasteiger partial charge in [-0.3, -0.25) is 9.59 Å². The molecule has 0 N–H and O–H groups in total. The van der Waals surface area contributed by atoms with Crippen LogP contribution in [0.2, 0.25) is 0 Å². The molecule has 0 bridgehead atoms. The maximum absolute atomic E-state index is 14.4. The van der Waals surface area contributed by atoms with Crippen molar-refractivity contribution in [2.75, 3.05) is 0 Å². The molecule has 6 heteroatoms. The lowest BCUT2D eigenvalue weighted by Crippen LogP contribution is -2.17. The molecule has 0 radical (unpaired) electrons. The molecular formula is C48H50Br2N2O2. The number of halogens is 2. The van der Waals surface area contributed by atoms with E-state index < -0.39 is 0 Å². The molecule has 2 heterocycles. The smallest absolute Gasteiger partial charge is 0.197 e. The van der Waals surface area contributed by atoms with Gasteiger partial charge in [0.25, 0.3) is 0 Å². The van der Waals surface area contributed by atoms with Crippen LogP contribution in [0.15, 0.2) is 103 Å². The van der Waals surface area contributed by atoms with E-state index >= 15 is 0 Å². The van der Waals surface area contributed by atoms with Crippen LogP contribution in [0.5, 0.6) is 0 Å². The molecule has 0 amide bonds. The van der Waals surface area contributed by atoms with Crippen molar-refractivity contribution in [3.8, 4) is 11.4 Å². The summed E-state index contributed by atoms with van der Waals surface area (Å²) in [5.41, 5.74) is 9.21. The Bertz CT molecular complexity index is 2600. The number of pyridine rings is 2. The van der Waals surface area contributed by atoms with Crippen LogP contribution in [0.1, 0.15) is 105 Å². The maximum Gasteiger partial charge on any atom is 0.197 e. The largest absolute Gasteiger partial charge is 0.308 e. The van der Waals surface area contributed by atoms with Crippen LogP contribution in [0.3, 0.4) is 0 Å². The minimum absolute atomic E-state index is 0.0334. The summed E-state index contributed by atoms with van der Waals surface area (Å²) in [6, 6.07) is 29.6. The van der Waals surface area contributed by atoms with Gasteiger partial charge in [0.05, 0.1) is 22.1 Å². The minimum Gasteiger partial charge on any atom is -0.308 e. The van der Waals surface area contributed by atoms with Gasteiger partial charge in [0, 0.05) is 41.9 Å². The second-order valence-electron chi connectivity index (χ2n) is 19.0. The maximum atomic E-state index is 14.4. The van der Waals surface area contributed by atoms with E-state index in [1.165, 1.54) is 0 Å². The Kier molecular flexibility index (Phi) is 9.06. The van der Waals surface area contributed by atoms with Gasteiger partial charge in [-0.15, -0.1) is 0 Å². The Morgan fingerprint density at radius 3 is 0.981 bits per heavy atom. The van der Waals surface area contributed by atoms with Crippen LogP contribution in [0.4, 0.5) is 0 Å². The van der Waals surface area contributed by atoms with Crippen molar-refractivity contribution in [2.45, 2.75) is 105 Å². The summed E-state index contributed by atoms with van der Waals surface area (Å²) < 4.78 is 6.17. The number of nitrogens with zero attached hydrogens (tertiary/aromatic N) is 2. The Hall–Kier alpha value is -4.00. The van der Waals surface area contributed by atoms with E-state index in [4.69, 9.17) is 0 Å². The third-order valence-electron chi connectivity index (χ3n) is 10.9. The van der Waals surface area contributed by atoms with E-state index in [0.717, 1.165) is 64.6 Å². The van der Waals surface area contributed by atoms with Gasteiger partial charge in [-0.05, 0) is 149 Å². The van der Waals surface area contributed by atoms with E-state index in [2.05, 4.69) is 209 Å². The minimum atomic E-state index is -0.143. The van der Waals surface area contributed by atoms with Gasteiger partial charge < -0.3 is 9.13 Å². The van der Waals surface area contributed by atoms with Gasteiger partial charge >= 0.3 is 0 Å². The van der Waals surface area contributed by atoms with Crippen LogP contribution in [0, 0.1) is 0 Å². The average Bonchev–Trinajstić information content (AvgIpc) is 3.07. The highest BCUT2D eigenvalue weighted by Crippen LogP contribution is 2.38. The van der Waals surface area contributed by atoms with Gasteiger partial charge in [0.15, 0.2) is 10.9 Å². The molecule has 2 aromatic heterocycles. The van der Waals surface area contributed by atoms with Gasteiger partial charge in [-0.1, -0.05) is 95.2 Å². The zero-order valence-electron chi connectivity index (χ0n) is 33.5. The number of aromatic nitrogens is 2. The summed E-state index contributed by atoms with van der Waals surface area (Å²) in [6.07, 6.45) is 0. The molecule has 7 aromatic rings. The quantitative estimate of drug-likeness (QED) is 0.163. The van der Waals surface area contributed by atoms with Crippen LogP contribution >= 0.6 is 31.9 Å². The molecule has 0 aliphatic rings. The van der Waals surface area contributed by atoms with Gasteiger partial charge in [0.2, 0.25) is 0 Å². The number of benzene rings is 5. The molecule has 0 unspecified atom stereocenters. The molecule has 0 spiro atoms. The van der Waals surface area contributed by atoms with Gasteiger partial charge in [0.1, 0.15) is 0 Å². The molecule has 0 saturated heterocycles. The summed E-state index contributed by atoms with van der Waals surface area (Å²) in [5, 5.41) is 2.76. The fourth-order valence-corrected chi connectivity index (χ4v) is 8.72. The summed E-state index contributed by atoms with van der Waals surface area (Å²) in [5.74, 6) is 0. The lowest BCUT2D eigenvalue weighted by molar-refractivity contribution is 0.590. The fourth-order valence-electron chi connectivity index (χ4n) is 7.44. The molecule has 54 heavy (non-hydrogen) atoms. The molecule has 4 nitrogen and oxygen atoms in total. The molecule has 0 aliphatic heterocycles. The zero-order valence-corrected chi connectivity index (χ0v) is 36.7. The average molecular weight is 847 g/mol. The van der Waals surface area contributed by atoms with E-state index in [9.17, 15) is 9.59 Å². The fraction of sp³-hybridized carbons (Fsp3) is 0.333. The number of rotatable bonds is 2. The molecule has 5 aromatic carbocycles. The summed E-state index contributed by atoms with van der Waals surface area (Å²) in [7, 11) is 0. The first-order chi connectivity index (χ1) is 25.0. The SMILES string of the molecule is CC(C)(C)c1ccc2c(c1)c(=O)c1cc(C(C)(C)C)cc(Br)c1n2-c1ccc(-n2c3ccc(C(C)(C)C)cc3c(=O)c3cc(C(C)(C)C)cc(Br)c32)cc1.